The van der Waals surface area contributed by atoms with Crippen molar-refractivity contribution >= 4 is 26.5 Å². The van der Waals surface area contributed by atoms with Crippen LogP contribution in [0.4, 0.5) is 0 Å². The summed E-state index contributed by atoms with van der Waals surface area (Å²) in [6.07, 6.45) is 6.67. The average Bonchev–Trinajstić information content (AvgIpc) is 3.58. The number of benzene rings is 4. The summed E-state index contributed by atoms with van der Waals surface area (Å²) in [6, 6.07) is 43.8. The van der Waals surface area contributed by atoms with E-state index in [-0.39, 0.29) is 15.8 Å². The number of rotatable bonds is 5. The van der Waals surface area contributed by atoms with Crippen LogP contribution in [0.5, 0.6) is 0 Å². The van der Waals surface area contributed by atoms with E-state index in [1.807, 2.05) is 0 Å². The standard InChI is InChI=1S/C32H32P2/c1-4-13-25(14-5-1)28-21-12-24-33(28)31-19-10-11-20-32(31)34-29(26-15-6-2-7-16-26)22-23-30(34)27-17-8-3-9-18-27/h1-11,13-20,28-30H,12,21-24H2/t28-,29-,30-,33?/m0/s1. The van der Waals surface area contributed by atoms with Gasteiger partial charge in [0.15, 0.2) is 0 Å². The van der Waals surface area contributed by atoms with Crippen molar-refractivity contribution in [2.75, 3.05) is 6.16 Å². The van der Waals surface area contributed by atoms with Crippen molar-refractivity contribution in [1.82, 2.24) is 0 Å². The second-order valence-electron chi connectivity index (χ2n) is 9.59. The van der Waals surface area contributed by atoms with Crippen molar-refractivity contribution in [3.05, 3.63) is 132 Å². The van der Waals surface area contributed by atoms with Crippen LogP contribution in [0.15, 0.2) is 115 Å². The van der Waals surface area contributed by atoms with Gasteiger partial charge in [-0.15, -0.1) is 0 Å². The largest absolute Gasteiger partial charge is 0.0670 e. The zero-order valence-electron chi connectivity index (χ0n) is 19.6. The van der Waals surface area contributed by atoms with E-state index in [0.29, 0.717) is 17.0 Å². The third-order valence-corrected chi connectivity index (χ3v) is 14.4. The molecule has 0 radical (unpaired) electrons. The summed E-state index contributed by atoms with van der Waals surface area (Å²) in [5.41, 5.74) is 6.65. The van der Waals surface area contributed by atoms with E-state index in [9.17, 15) is 0 Å². The van der Waals surface area contributed by atoms with E-state index in [0.717, 1.165) is 0 Å². The van der Waals surface area contributed by atoms with Crippen LogP contribution in [-0.2, 0) is 0 Å². The van der Waals surface area contributed by atoms with Crippen LogP contribution in [0.2, 0.25) is 0 Å². The van der Waals surface area contributed by atoms with Crippen LogP contribution < -0.4 is 10.6 Å². The van der Waals surface area contributed by atoms with Gasteiger partial charge in [0.25, 0.3) is 0 Å². The Hall–Kier alpha value is -2.26. The molecule has 4 atom stereocenters. The fraction of sp³-hybridized carbons (Fsp3) is 0.250. The van der Waals surface area contributed by atoms with Crippen LogP contribution in [0, 0.1) is 0 Å². The molecule has 0 amide bonds. The number of hydrogen-bond acceptors (Lipinski definition) is 0. The molecule has 34 heavy (non-hydrogen) atoms. The first-order valence-electron chi connectivity index (χ1n) is 12.7. The van der Waals surface area contributed by atoms with Crippen molar-refractivity contribution in [2.24, 2.45) is 0 Å². The molecule has 4 aromatic carbocycles. The van der Waals surface area contributed by atoms with E-state index < -0.39 is 0 Å². The van der Waals surface area contributed by atoms with Gasteiger partial charge in [-0.05, 0) is 59.1 Å². The van der Waals surface area contributed by atoms with Gasteiger partial charge in [-0.25, -0.2) is 0 Å². The van der Waals surface area contributed by atoms with E-state index in [1.165, 1.54) is 31.8 Å². The predicted molar refractivity (Wildman–Crippen MR) is 150 cm³/mol. The molecule has 0 spiro atoms. The first-order chi connectivity index (χ1) is 16.9. The summed E-state index contributed by atoms with van der Waals surface area (Å²) in [6.45, 7) is 0. The highest BCUT2D eigenvalue weighted by Gasteiger charge is 2.41. The normalized spacial score (nSPS) is 24.9. The van der Waals surface area contributed by atoms with Crippen LogP contribution in [0.3, 0.4) is 0 Å². The molecule has 0 aliphatic carbocycles. The molecule has 0 aromatic heterocycles. The van der Waals surface area contributed by atoms with Crippen molar-refractivity contribution in [2.45, 2.75) is 42.7 Å². The number of hydrogen-bond donors (Lipinski definition) is 0. The highest BCUT2D eigenvalue weighted by atomic mass is 31.1. The molecule has 2 heterocycles. The zero-order valence-corrected chi connectivity index (χ0v) is 21.4. The van der Waals surface area contributed by atoms with Gasteiger partial charge in [0.1, 0.15) is 0 Å². The second-order valence-corrected chi connectivity index (χ2v) is 14.6. The topological polar surface area (TPSA) is 0 Å². The van der Waals surface area contributed by atoms with Gasteiger partial charge in [0.05, 0.1) is 0 Å². The zero-order chi connectivity index (χ0) is 22.7. The summed E-state index contributed by atoms with van der Waals surface area (Å²) in [5.74, 6) is 0. The van der Waals surface area contributed by atoms with Crippen LogP contribution in [0.25, 0.3) is 0 Å². The SMILES string of the molecule is c1ccc([C@@H]2CCCP2c2ccccc2P2[C@H](c3ccccc3)CC[C@H]2c2ccccc2)cc1. The molecule has 4 aromatic rings. The quantitative estimate of drug-likeness (QED) is 0.252. The fourth-order valence-corrected chi connectivity index (χ4v) is 13.5. The molecule has 1 unspecified atom stereocenters. The summed E-state index contributed by atoms with van der Waals surface area (Å²) in [5, 5.41) is 3.41. The molecule has 2 aliphatic rings. The van der Waals surface area contributed by atoms with Gasteiger partial charge in [-0.1, -0.05) is 131 Å². The lowest BCUT2D eigenvalue weighted by atomic mass is 10.0. The van der Waals surface area contributed by atoms with E-state index in [2.05, 4.69) is 115 Å². The second kappa shape index (κ2) is 10.2. The minimum atomic E-state index is -0.328. The molecular weight excluding hydrogens is 446 g/mol. The van der Waals surface area contributed by atoms with Gasteiger partial charge >= 0.3 is 0 Å². The smallest absolute Gasteiger partial charge is 0.00880 e. The molecule has 2 heteroatoms. The summed E-state index contributed by atoms with van der Waals surface area (Å²) in [4.78, 5) is 0. The van der Waals surface area contributed by atoms with Crippen LogP contribution in [0.1, 0.15) is 59.4 Å². The molecule has 0 saturated carbocycles. The molecule has 0 bridgehead atoms. The predicted octanol–water partition coefficient (Wildman–Crippen LogP) is 8.71. The Labute approximate surface area is 207 Å². The van der Waals surface area contributed by atoms with Gasteiger partial charge in [0, 0.05) is 17.0 Å². The Bertz CT molecular complexity index is 1160. The Kier molecular flexibility index (Phi) is 6.64. The molecule has 2 aliphatic heterocycles. The van der Waals surface area contributed by atoms with Crippen molar-refractivity contribution in [3.63, 3.8) is 0 Å². The Morgan fingerprint density at radius 3 is 1.41 bits per heavy atom. The Balaban J connectivity index is 1.45. The maximum Gasteiger partial charge on any atom is 0.00880 e. The van der Waals surface area contributed by atoms with Gasteiger partial charge < -0.3 is 0 Å². The average molecular weight is 479 g/mol. The highest BCUT2D eigenvalue weighted by molar-refractivity contribution is 7.72. The van der Waals surface area contributed by atoms with Crippen molar-refractivity contribution in [1.29, 1.82) is 0 Å². The molecular formula is C32H32P2. The Morgan fingerprint density at radius 2 is 0.882 bits per heavy atom. The molecule has 2 saturated heterocycles. The van der Waals surface area contributed by atoms with Crippen molar-refractivity contribution < 1.29 is 0 Å². The fourth-order valence-electron chi connectivity index (χ4n) is 6.15. The lowest BCUT2D eigenvalue weighted by Gasteiger charge is -2.32. The van der Waals surface area contributed by atoms with Crippen LogP contribution >= 0.6 is 15.8 Å². The van der Waals surface area contributed by atoms with Gasteiger partial charge in [-0.3, -0.25) is 0 Å². The third kappa shape index (κ3) is 4.28. The monoisotopic (exact) mass is 478 g/mol. The molecule has 0 nitrogen and oxygen atoms in total. The van der Waals surface area contributed by atoms with Gasteiger partial charge in [-0.2, -0.15) is 0 Å². The van der Waals surface area contributed by atoms with E-state index in [1.54, 1.807) is 27.3 Å². The first kappa shape index (κ1) is 22.2. The van der Waals surface area contributed by atoms with Gasteiger partial charge in [0.2, 0.25) is 0 Å². The maximum atomic E-state index is 2.51. The summed E-state index contributed by atoms with van der Waals surface area (Å²) in [7, 11) is -0.505. The minimum absolute atomic E-state index is 0.177. The molecule has 6 rings (SSSR count). The third-order valence-electron chi connectivity index (χ3n) is 7.66. The molecule has 2 fully saturated rings. The lowest BCUT2D eigenvalue weighted by Crippen LogP contribution is -2.25. The molecule has 170 valence electrons. The lowest BCUT2D eigenvalue weighted by molar-refractivity contribution is 0.765. The summed E-state index contributed by atoms with van der Waals surface area (Å²) >= 11 is 0. The first-order valence-corrected chi connectivity index (χ1v) is 15.8. The Morgan fingerprint density at radius 1 is 0.441 bits per heavy atom. The summed E-state index contributed by atoms with van der Waals surface area (Å²) < 4.78 is 0. The van der Waals surface area contributed by atoms with E-state index >= 15 is 0 Å². The van der Waals surface area contributed by atoms with Crippen LogP contribution in [-0.4, -0.2) is 6.16 Å². The minimum Gasteiger partial charge on any atom is -0.0670 e. The maximum absolute atomic E-state index is 2.51. The molecule has 0 N–H and O–H groups in total. The van der Waals surface area contributed by atoms with E-state index in [4.69, 9.17) is 0 Å². The van der Waals surface area contributed by atoms with Crippen molar-refractivity contribution in [3.8, 4) is 0 Å². The highest BCUT2D eigenvalue weighted by Crippen LogP contribution is 2.70.